The van der Waals surface area contributed by atoms with E-state index in [-0.39, 0.29) is 0 Å². The van der Waals surface area contributed by atoms with Gasteiger partial charge in [0.25, 0.3) is 0 Å². The van der Waals surface area contributed by atoms with Crippen LogP contribution in [0.3, 0.4) is 0 Å². The fourth-order valence-electron chi connectivity index (χ4n) is 3.81. The molecule has 4 aromatic rings. The van der Waals surface area contributed by atoms with Crippen molar-refractivity contribution in [1.29, 1.82) is 0 Å². The van der Waals surface area contributed by atoms with Gasteiger partial charge in [0.1, 0.15) is 11.5 Å². The molecule has 0 radical (unpaired) electrons. The first-order chi connectivity index (χ1) is 14.2. The zero-order valence-corrected chi connectivity index (χ0v) is 16.8. The van der Waals surface area contributed by atoms with Gasteiger partial charge in [0.15, 0.2) is 5.65 Å². The van der Waals surface area contributed by atoms with Gasteiger partial charge in [-0.15, -0.1) is 5.10 Å². The Morgan fingerprint density at radius 3 is 2.24 bits per heavy atom. The quantitative estimate of drug-likeness (QED) is 0.541. The van der Waals surface area contributed by atoms with Crippen molar-refractivity contribution < 1.29 is 0 Å². The van der Waals surface area contributed by atoms with E-state index in [1.54, 1.807) is 0 Å². The summed E-state index contributed by atoms with van der Waals surface area (Å²) in [6, 6.07) is 16.7. The Balaban J connectivity index is 1.68. The molecule has 0 saturated carbocycles. The van der Waals surface area contributed by atoms with Crippen molar-refractivity contribution in [3.05, 3.63) is 66.5 Å². The Bertz CT molecular complexity index is 1130. The van der Waals surface area contributed by atoms with Gasteiger partial charge >= 0.3 is 0 Å². The van der Waals surface area contributed by atoms with Crippen molar-refractivity contribution in [1.82, 2.24) is 24.5 Å². The maximum atomic E-state index is 5.01. The zero-order chi connectivity index (χ0) is 19.8. The lowest BCUT2D eigenvalue weighted by Gasteiger charge is -2.33. The van der Waals surface area contributed by atoms with E-state index < -0.39 is 0 Å². The van der Waals surface area contributed by atoms with Crippen LogP contribution in [0.5, 0.6) is 0 Å². The number of hydrogen-bond donors (Lipinski definition) is 0. The van der Waals surface area contributed by atoms with Crippen molar-refractivity contribution in [3.8, 4) is 22.5 Å². The fraction of sp³-hybridized carbons (Fsp3) is 0.261. The topological polar surface area (TPSA) is 49.6 Å². The number of benzene rings is 1. The van der Waals surface area contributed by atoms with E-state index in [2.05, 4.69) is 65.2 Å². The molecule has 6 heteroatoms. The number of rotatable bonds is 3. The number of likely N-dealkylation sites (N-methyl/N-ethyl adjacent to an activating group) is 1. The normalized spacial score (nSPS) is 15.2. The minimum atomic E-state index is 0.852. The summed E-state index contributed by atoms with van der Waals surface area (Å²) in [4.78, 5) is 13.8. The van der Waals surface area contributed by atoms with Crippen molar-refractivity contribution in [2.24, 2.45) is 0 Å². The number of nitrogens with zero attached hydrogens (tertiary/aromatic N) is 6. The van der Waals surface area contributed by atoms with Gasteiger partial charge in [0.05, 0.1) is 5.69 Å². The highest BCUT2D eigenvalue weighted by Crippen LogP contribution is 2.32. The predicted molar refractivity (Wildman–Crippen MR) is 116 cm³/mol. The minimum Gasteiger partial charge on any atom is -0.353 e. The van der Waals surface area contributed by atoms with Gasteiger partial charge < -0.3 is 9.80 Å². The molecule has 0 atom stereocenters. The summed E-state index contributed by atoms with van der Waals surface area (Å²) in [5.74, 6) is 0.994. The van der Waals surface area contributed by atoms with Crippen LogP contribution in [-0.4, -0.2) is 57.7 Å². The molecule has 3 aromatic heterocycles. The largest absolute Gasteiger partial charge is 0.353 e. The molecular weight excluding hydrogens is 360 g/mol. The predicted octanol–water partition coefficient (Wildman–Crippen LogP) is 3.52. The molecule has 1 fully saturated rings. The molecule has 1 aliphatic heterocycles. The highest BCUT2D eigenvalue weighted by Gasteiger charge is 2.20. The number of anilines is 1. The van der Waals surface area contributed by atoms with E-state index in [0.717, 1.165) is 60.2 Å². The number of hydrogen-bond acceptors (Lipinski definition) is 5. The molecular formula is C23H24N6. The summed E-state index contributed by atoms with van der Waals surface area (Å²) in [7, 11) is 2.17. The highest BCUT2D eigenvalue weighted by molar-refractivity contribution is 5.81. The molecule has 0 spiro atoms. The van der Waals surface area contributed by atoms with Crippen molar-refractivity contribution in [2.75, 3.05) is 38.1 Å². The number of aryl methyl sites for hydroxylation is 1. The molecule has 1 aliphatic rings. The highest BCUT2D eigenvalue weighted by atomic mass is 15.4. The van der Waals surface area contributed by atoms with Crippen molar-refractivity contribution in [2.45, 2.75) is 6.92 Å². The Morgan fingerprint density at radius 2 is 1.52 bits per heavy atom. The average molecular weight is 384 g/mol. The smallest absolute Gasteiger partial charge is 0.155 e. The van der Waals surface area contributed by atoms with E-state index >= 15 is 0 Å². The second kappa shape index (κ2) is 7.29. The van der Waals surface area contributed by atoms with E-state index in [4.69, 9.17) is 10.1 Å². The molecule has 6 nitrogen and oxygen atoms in total. The van der Waals surface area contributed by atoms with Gasteiger partial charge in [-0.3, -0.25) is 4.98 Å². The van der Waals surface area contributed by atoms with Crippen molar-refractivity contribution >= 4 is 11.5 Å². The summed E-state index contributed by atoms with van der Waals surface area (Å²) >= 11 is 0. The van der Waals surface area contributed by atoms with Crippen LogP contribution in [0.25, 0.3) is 28.2 Å². The second-order valence-corrected chi connectivity index (χ2v) is 7.66. The Labute approximate surface area is 170 Å². The number of pyridine rings is 1. The number of aromatic nitrogens is 4. The molecule has 5 rings (SSSR count). The first kappa shape index (κ1) is 17.8. The molecule has 0 aliphatic carbocycles. The van der Waals surface area contributed by atoms with Crippen LogP contribution in [0.4, 0.5) is 5.82 Å². The van der Waals surface area contributed by atoms with Gasteiger partial charge in [-0.05, 0) is 38.2 Å². The lowest BCUT2D eigenvalue weighted by Crippen LogP contribution is -2.44. The Kier molecular flexibility index (Phi) is 4.48. The second-order valence-electron chi connectivity index (χ2n) is 7.66. The average Bonchev–Trinajstić information content (AvgIpc) is 3.14. The number of fused-ring (bicyclic) bond motifs is 1. The standard InChI is InChI=1S/C23H24N6/c1-17-3-5-18(6-4-17)22-23(19-9-11-24-12-10-19)29-20(25-22)7-8-21(26-29)28-15-13-27(2)14-16-28/h3-12H,13-16H2,1-2H3. The van der Waals surface area contributed by atoms with Crippen LogP contribution in [-0.2, 0) is 0 Å². The molecule has 1 aromatic carbocycles. The summed E-state index contributed by atoms with van der Waals surface area (Å²) in [5, 5.41) is 5.01. The van der Waals surface area contributed by atoms with Crippen LogP contribution in [0.15, 0.2) is 60.9 Å². The zero-order valence-electron chi connectivity index (χ0n) is 16.8. The van der Waals surface area contributed by atoms with E-state index in [0.29, 0.717) is 0 Å². The molecule has 0 N–H and O–H groups in total. The monoisotopic (exact) mass is 384 g/mol. The molecule has 0 amide bonds. The van der Waals surface area contributed by atoms with Gasteiger partial charge in [0, 0.05) is 49.7 Å². The third-order valence-electron chi connectivity index (χ3n) is 5.57. The summed E-state index contributed by atoms with van der Waals surface area (Å²) in [6.45, 7) is 6.17. The van der Waals surface area contributed by atoms with Crippen molar-refractivity contribution in [3.63, 3.8) is 0 Å². The van der Waals surface area contributed by atoms with E-state index in [1.807, 2.05) is 29.0 Å². The molecule has 4 heterocycles. The third-order valence-corrected chi connectivity index (χ3v) is 5.57. The molecule has 0 unspecified atom stereocenters. The molecule has 0 bridgehead atoms. The minimum absolute atomic E-state index is 0.852. The third kappa shape index (κ3) is 3.36. The van der Waals surface area contributed by atoms with E-state index in [9.17, 15) is 0 Å². The first-order valence-electron chi connectivity index (χ1n) is 10.00. The van der Waals surface area contributed by atoms with Gasteiger partial charge in [-0.2, -0.15) is 0 Å². The summed E-state index contributed by atoms with van der Waals surface area (Å²) in [5.41, 5.74) is 6.19. The summed E-state index contributed by atoms with van der Waals surface area (Å²) in [6.07, 6.45) is 3.63. The number of imidazole rings is 1. The number of piperazine rings is 1. The fourth-order valence-corrected chi connectivity index (χ4v) is 3.81. The SMILES string of the molecule is Cc1ccc(-c2nc3ccc(N4CCN(C)CC4)nn3c2-c2ccncc2)cc1. The van der Waals surface area contributed by atoms with Gasteiger partial charge in [-0.25, -0.2) is 9.50 Å². The van der Waals surface area contributed by atoms with E-state index in [1.165, 1.54) is 5.56 Å². The van der Waals surface area contributed by atoms with Gasteiger partial charge in [0.2, 0.25) is 0 Å². The van der Waals surface area contributed by atoms with Crippen LogP contribution < -0.4 is 4.90 Å². The maximum Gasteiger partial charge on any atom is 0.155 e. The van der Waals surface area contributed by atoms with Crippen LogP contribution in [0.2, 0.25) is 0 Å². The van der Waals surface area contributed by atoms with Crippen LogP contribution in [0.1, 0.15) is 5.56 Å². The van der Waals surface area contributed by atoms with Crippen LogP contribution in [0, 0.1) is 6.92 Å². The summed E-state index contributed by atoms with van der Waals surface area (Å²) < 4.78 is 1.98. The Morgan fingerprint density at radius 1 is 0.793 bits per heavy atom. The van der Waals surface area contributed by atoms with Crippen LogP contribution >= 0.6 is 0 Å². The first-order valence-corrected chi connectivity index (χ1v) is 10.00. The molecule has 146 valence electrons. The molecule has 1 saturated heterocycles. The lowest BCUT2D eigenvalue weighted by atomic mass is 10.0. The van der Waals surface area contributed by atoms with Gasteiger partial charge in [-0.1, -0.05) is 29.8 Å². The molecule has 29 heavy (non-hydrogen) atoms. The Hall–Kier alpha value is -3.25. The maximum absolute atomic E-state index is 5.01. The lowest BCUT2D eigenvalue weighted by molar-refractivity contribution is 0.311.